The van der Waals surface area contributed by atoms with E-state index >= 15 is 0 Å². The van der Waals surface area contributed by atoms with Crippen molar-refractivity contribution in [1.82, 2.24) is 20.0 Å². The zero-order valence-electron chi connectivity index (χ0n) is 14.0. The molecule has 1 aromatic heterocycles. The summed E-state index contributed by atoms with van der Waals surface area (Å²) in [5.41, 5.74) is 1.84. The van der Waals surface area contributed by atoms with Crippen molar-refractivity contribution in [2.45, 2.75) is 25.3 Å². The van der Waals surface area contributed by atoms with Gasteiger partial charge < -0.3 is 10.1 Å². The first kappa shape index (κ1) is 17.8. The van der Waals surface area contributed by atoms with Crippen LogP contribution in [-0.4, -0.2) is 47.6 Å². The van der Waals surface area contributed by atoms with Gasteiger partial charge in [0.05, 0.1) is 19.3 Å². The molecular formula is C17H21F3N4O. The maximum absolute atomic E-state index is 12.5. The lowest BCUT2D eigenvalue weighted by molar-refractivity contribution is -0.142. The Hall–Kier alpha value is -2.06. The maximum atomic E-state index is 12.5. The monoisotopic (exact) mass is 354 g/mol. The number of aromatic nitrogens is 2. The molecule has 0 saturated carbocycles. The van der Waals surface area contributed by atoms with Crippen molar-refractivity contribution in [3.63, 3.8) is 0 Å². The first-order valence-corrected chi connectivity index (χ1v) is 8.12. The highest BCUT2D eigenvalue weighted by molar-refractivity contribution is 5.36. The highest BCUT2D eigenvalue weighted by Crippen LogP contribution is 2.31. The molecule has 3 rings (SSSR count). The molecule has 0 radical (unpaired) electrons. The van der Waals surface area contributed by atoms with Crippen LogP contribution in [0.25, 0.3) is 0 Å². The van der Waals surface area contributed by atoms with Crippen LogP contribution in [0.2, 0.25) is 0 Å². The minimum absolute atomic E-state index is 0.0934. The zero-order valence-corrected chi connectivity index (χ0v) is 14.0. The van der Waals surface area contributed by atoms with Crippen molar-refractivity contribution in [2.75, 3.05) is 26.7 Å². The van der Waals surface area contributed by atoms with Crippen molar-refractivity contribution in [1.29, 1.82) is 0 Å². The third-order valence-corrected chi connectivity index (χ3v) is 4.27. The van der Waals surface area contributed by atoms with Gasteiger partial charge in [0.2, 0.25) is 0 Å². The number of para-hydroxylation sites is 1. The van der Waals surface area contributed by atoms with Gasteiger partial charge in [-0.3, -0.25) is 9.58 Å². The summed E-state index contributed by atoms with van der Waals surface area (Å²) in [6.07, 6.45) is -1.29. The van der Waals surface area contributed by atoms with Crippen LogP contribution < -0.4 is 10.1 Å². The normalized spacial score (nSPS) is 19.1. The number of halogens is 3. The second-order valence-corrected chi connectivity index (χ2v) is 6.09. The van der Waals surface area contributed by atoms with Crippen LogP contribution in [0.1, 0.15) is 17.2 Å². The molecule has 0 aliphatic carbocycles. The van der Waals surface area contributed by atoms with E-state index in [1.54, 1.807) is 7.11 Å². The van der Waals surface area contributed by atoms with E-state index in [0.29, 0.717) is 6.54 Å². The number of ether oxygens (including phenoxy) is 1. The average Bonchev–Trinajstić information content (AvgIpc) is 3.00. The van der Waals surface area contributed by atoms with Gasteiger partial charge in [-0.1, -0.05) is 18.2 Å². The SMILES string of the molecule is COc1ccccc1C1CNCCN1Cc1cnn(CC(F)(F)F)c1. The van der Waals surface area contributed by atoms with Crippen molar-refractivity contribution < 1.29 is 17.9 Å². The summed E-state index contributed by atoms with van der Waals surface area (Å²) in [6.45, 7) is 1.87. The van der Waals surface area contributed by atoms with Crippen LogP contribution in [0.4, 0.5) is 13.2 Å². The molecule has 1 unspecified atom stereocenters. The number of piperazine rings is 1. The fourth-order valence-electron chi connectivity index (χ4n) is 3.18. The highest BCUT2D eigenvalue weighted by Gasteiger charge is 2.29. The third-order valence-electron chi connectivity index (χ3n) is 4.27. The zero-order chi connectivity index (χ0) is 17.9. The molecule has 1 aliphatic rings. The third kappa shape index (κ3) is 4.52. The summed E-state index contributed by atoms with van der Waals surface area (Å²) in [5.74, 6) is 0.814. The summed E-state index contributed by atoms with van der Waals surface area (Å²) < 4.78 is 43.8. The number of rotatable bonds is 5. The van der Waals surface area contributed by atoms with Gasteiger partial charge in [-0.15, -0.1) is 0 Å². The lowest BCUT2D eigenvalue weighted by Gasteiger charge is -2.36. The van der Waals surface area contributed by atoms with E-state index in [9.17, 15) is 13.2 Å². The van der Waals surface area contributed by atoms with Crippen LogP contribution in [0.5, 0.6) is 5.75 Å². The molecule has 136 valence electrons. The van der Waals surface area contributed by atoms with Crippen LogP contribution in [0.15, 0.2) is 36.7 Å². The number of benzene rings is 1. The number of nitrogens with zero attached hydrogens (tertiary/aromatic N) is 3. The molecule has 1 fully saturated rings. The van der Waals surface area contributed by atoms with E-state index in [4.69, 9.17) is 4.74 Å². The molecule has 0 spiro atoms. The van der Waals surface area contributed by atoms with E-state index in [-0.39, 0.29) is 6.04 Å². The molecular weight excluding hydrogens is 333 g/mol. The fourth-order valence-corrected chi connectivity index (χ4v) is 3.18. The van der Waals surface area contributed by atoms with E-state index in [1.807, 2.05) is 24.3 Å². The Balaban J connectivity index is 1.76. The molecule has 0 bridgehead atoms. The molecule has 2 aromatic rings. The Bertz CT molecular complexity index is 701. The van der Waals surface area contributed by atoms with Crippen molar-refractivity contribution in [2.24, 2.45) is 0 Å². The van der Waals surface area contributed by atoms with Crippen LogP contribution in [0, 0.1) is 0 Å². The van der Waals surface area contributed by atoms with E-state index in [0.717, 1.165) is 41.2 Å². The second kappa shape index (κ2) is 7.45. The standard InChI is InChI=1S/C17H21F3N4O/c1-25-16-5-3-2-4-14(16)15-9-21-6-7-23(15)10-13-8-22-24(11-13)12-17(18,19)20/h2-5,8,11,15,21H,6-7,9-10,12H2,1H3. The van der Waals surface area contributed by atoms with Gasteiger partial charge in [-0.05, 0) is 6.07 Å². The number of hydrogen-bond donors (Lipinski definition) is 1. The van der Waals surface area contributed by atoms with Crippen LogP contribution >= 0.6 is 0 Å². The molecule has 1 atom stereocenters. The Labute approximate surface area is 144 Å². The highest BCUT2D eigenvalue weighted by atomic mass is 19.4. The minimum atomic E-state index is -4.27. The summed E-state index contributed by atoms with van der Waals surface area (Å²) in [4.78, 5) is 2.24. The van der Waals surface area contributed by atoms with Crippen molar-refractivity contribution in [3.05, 3.63) is 47.8 Å². The Morgan fingerprint density at radius 1 is 1.32 bits per heavy atom. The molecule has 1 aliphatic heterocycles. The molecule has 0 amide bonds. The van der Waals surface area contributed by atoms with Gasteiger partial charge in [0, 0.05) is 43.5 Å². The molecule has 2 heterocycles. The quantitative estimate of drug-likeness (QED) is 0.896. The molecule has 1 saturated heterocycles. The summed E-state index contributed by atoms with van der Waals surface area (Å²) >= 11 is 0. The largest absolute Gasteiger partial charge is 0.496 e. The first-order valence-electron chi connectivity index (χ1n) is 8.12. The fraction of sp³-hybridized carbons (Fsp3) is 0.471. The summed E-state index contributed by atoms with van der Waals surface area (Å²) in [5, 5.41) is 7.20. The van der Waals surface area contributed by atoms with Gasteiger partial charge in [0.15, 0.2) is 0 Å². The second-order valence-electron chi connectivity index (χ2n) is 6.09. The van der Waals surface area contributed by atoms with Crippen LogP contribution in [-0.2, 0) is 13.1 Å². The summed E-state index contributed by atoms with van der Waals surface area (Å²) in [6, 6.07) is 7.92. The molecule has 1 N–H and O–H groups in total. The van der Waals surface area contributed by atoms with Gasteiger partial charge >= 0.3 is 6.18 Å². The molecule has 8 heteroatoms. The summed E-state index contributed by atoms with van der Waals surface area (Å²) in [7, 11) is 1.64. The molecule has 1 aromatic carbocycles. The minimum Gasteiger partial charge on any atom is -0.496 e. The lowest BCUT2D eigenvalue weighted by Crippen LogP contribution is -2.45. The lowest BCUT2D eigenvalue weighted by atomic mass is 10.0. The Morgan fingerprint density at radius 2 is 2.12 bits per heavy atom. The van der Waals surface area contributed by atoms with Gasteiger partial charge in [-0.2, -0.15) is 18.3 Å². The smallest absolute Gasteiger partial charge is 0.408 e. The topological polar surface area (TPSA) is 42.3 Å². The van der Waals surface area contributed by atoms with E-state index < -0.39 is 12.7 Å². The number of methoxy groups -OCH3 is 1. The first-order chi connectivity index (χ1) is 12.0. The predicted octanol–water partition coefficient (Wildman–Crippen LogP) is 2.60. The maximum Gasteiger partial charge on any atom is 0.408 e. The molecule has 25 heavy (non-hydrogen) atoms. The average molecular weight is 354 g/mol. The Kier molecular flexibility index (Phi) is 5.29. The van der Waals surface area contributed by atoms with Gasteiger partial charge in [-0.25, -0.2) is 0 Å². The van der Waals surface area contributed by atoms with Crippen molar-refractivity contribution in [3.8, 4) is 5.75 Å². The number of alkyl halides is 3. The Morgan fingerprint density at radius 3 is 2.88 bits per heavy atom. The van der Waals surface area contributed by atoms with Crippen LogP contribution in [0.3, 0.4) is 0 Å². The predicted molar refractivity (Wildman–Crippen MR) is 87.3 cm³/mol. The van der Waals surface area contributed by atoms with Gasteiger partial charge in [0.25, 0.3) is 0 Å². The number of nitrogens with one attached hydrogen (secondary N) is 1. The van der Waals surface area contributed by atoms with E-state index in [2.05, 4.69) is 15.3 Å². The van der Waals surface area contributed by atoms with Gasteiger partial charge in [0.1, 0.15) is 12.3 Å². The van der Waals surface area contributed by atoms with E-state index in [1.165, 1.54) is 12.4 Å². The van der Waals surface area contributed by atoms with Crippen molar-refractivity contribution >= 4 is 0 Å². The number of hydrogen-bond acceptors (Lipinski definition) is 4. The molecule has 5 nitrogen and oxygen atoms in total.